The molecular formula is C16H30N4O. The number of aryl methyl sites for hydroxylation is 1. The fourth-order valence-electron chi connectivity index (χ4n) is 3.80. The Hall–Kier alpha value is -1.07. The molecule has 2 rings (SSSR count). The highest BCUT2D eigenvalue weighted by molar-refractivity contribution is 5.32. The van der Waals surface area contributed by atoms with Crippen LogP contribution in [0.5, 0.6) is 5.75 Å². The van der Waals surface area contributed by atoms with Crippen LogP contribution in [-0.4, -0.2) is 48.0 Å². The van der Waals surface area contributed by atoms with Crippen LogP contribution >= 0.6 is 0 Å². The molecule has 1 aromatic heterocycles. The van der Waals surface area contributed by atoms with Gasteiger partial charge in [0, 0.05) is 12.1 Å². The van der Waals surface area contributed by atoms with Gasteiger partial charge in [0.05, 0.1) is 25.0 Å². The van der Waals surface area contributed by atoms with Crippen LogP contribution in [0.15, 0.2) is 6.20 Å². The zero-order chi connectivity index (χ0) is 15.5. The fourth-order valence-corrected chi connectivity index (χ4v) is 3.80. The van der Waals surface area contributed by atoms with Gasteiger partial charge in [-0.25, -0.2) is 0 Å². The molecule has 1 saturated carbocycles. The van der Waals surface area contributed by atoms with Crippen molar-refractivity contribution in [1.82, 2.24) is 20.0 Å². The van der Waals surface area contributed by atoms with E-state index in [0.29, 0.717) is 0 Å². The molecule has 21 heavy (non-hydrogen) atoms. The molecule has 1 unspecified atom stereocenters. The summed E-state index contributed by atoms with van der Waals surface area (Å²) in [6.07, 6.45) is 6.87. The third-order valence-corrected chi connectivity index (χ3v) is 4.94. The molecule has 1 fully saturated rings. The van der Waals surface area contributed by atoms with E-state index in [1.807, 2.05) is 6.20 Å². The average molecular weight is 294 g/mol. The number of ether oxygens (including phenoxy) is 1. The Bertz CT molecular complexity index is 428. The minimum Gasteiger partial charge on any atom is -0.493 e. The maximum Gasteiger partial charge on any atom is 0.161 e. The Kier molecular flexibility index (Phi) is 5.27. The number of hydrogen-bond donors (Lipinski definition) is 1. The summed E-state index contributed by atoms with van der Waals surface area (Å²) in [5.41, 5.74) is 1.34. The van der Waals surface area contributed by atoms with E-state index in [1.165, 1.54) is 31.4 Å². The van der Waals surface area contributed by atoms with E-state index >= 15 is 0 Å². The number of rotatable bonds is 7. The molecule has 1 heterocycles. The highest BCUT2D eigenvalue weighted by atomic mass is 16.5. The summed E-state index contributed by atoms with van der Waals surface area (Å²) in [5.74, 6) is 0.899. The summed E-state index contributed by atoms with van der Waals surface area (Å²) < 4.78 is 7.68. The molecule has 1 N–H and O–H groups in total. The molecule has 0 aliphatic heterocycles. The van der Waals surface area contributed by atoms with Crippen LogP contribution in [0, 0.1) is 0 Å². The van der Waals surface area contributed by atoms with Crippen LogP contribution in [0.3, 0.4) is 0 Å². The number of hydrogen-bond acceptors (Lipinski definition) is 4. The molecular weight excluding hydrogens is 264 g/mol. The van der Waals surface area contributed by atoms with Crippen molar-refractivity contribution in [2.45, 2.75) is 57.7 Å². The van der Waals surface area contributed by atoms with E-state index in [9.17, 15) is 0 Å². The van der Waals surface area contributed by atoms with Gasteiger partial charge in [0.2, 0.25) is 0 Å². The van der Waals surface area contributed by atoms with Crippen molar-refractivity contribution in [2.24, 2.45) is 0 Å². The summed E-state index contributed by atoms with van der Waals surface area (Å²) in [6.45, 7) is 6.11. The molecule has 0 aromatic carbocycles. The summed E-state index contributed by atoms with van der Waals surface area (Å²) in [4.78, 5) is 2.40. The molecule has 0 saturated heterocycles. The lowest BCUT2D eigenvalue weighted by molar-refractivity contribution is 0.0994. The predicted molar refractivity (Wildman–Crippen MR) is 85.8 cm³/mol. The largest absolute Gasteiger partial charge is 0.493 e. The van der Waals surface area contributed by atoms with Gasteiger partial charge in [0.1, 0.15) is 0 Å². The number of methoxy groups -OCH3 is 1. The van der Waals surface area contributed by atoms with Gasteiger partial charge in [0.25, 0.3) is 0 Å². The van der Waals surface area contributed by atoms with Crippen molar-refractivity contribution in [3.05, 3.63) is 11.9 Å². The third kappa shape index (κ3) is 2.81. The van der Waals surface area contributed by atoms with E-state index in [1.54, 1.807) is 7.11 Å². The molecule has 0 amide bonds. The van der Waals surface area contributed by atoms with E-state index in [0.717, 1.165) is 18.8 Å². The number of nitrogens with one attached hydrogen (secondary N) is 1. The quantitative estimate of drug-likeness (QED) is 0.839. The van der Waals surface area contributed by atoms with Crippen molar-refractivity contribution in [3.63, 3.8) is 0 Å². The maximum absolute atomic E-state index is 5.60. The molecule has 0 spiro atoms. The molecule has 1 aromatic rings. The lowest BCUT2D eigenvalue weighted by atomic mass is 9.84. The number of nitrogens with zero attached hydrogens (tertiary/aromatic N) is 3. The van der Waals surface area contributed by atoms with Gasteiger partial charge in [-0.05, 0) is 40.4 Å². The second-order valence-electron chi connectivity index (χ2n) is 6.11. The minimum absolute atomic E-state index is 0.149. The SMILES string of the molecule is CCNC(c1c(OC)cnn1CC)C1(N(C)C)CCCC1. The Morgan fingerprint density at radius 2 is 2.05 bits per heavy atom. The summed E-state index contributed by atoms with van der Waals surface area (Å²) in [7, 11) is 6.14. The first-order chi connectivity index (χ1) is 10.1. The standard InChI is InChI=1S/C16H30N4O/c1-6-17-15(16(19(3)4)10-8-9-11-16)14-13(21-5)12-18-20(14)7-2/h12,15,17H,6-11H2,1-5H3. The summed E-state index contributed by atoms with van der Waals surface area (Å²) in [6, 6.07) is 0.248. The first-order valence-electron chi connectivity index (χ1n) is 8.11. The molecule has 0 bridgehead atoms. The van der Waals surface area contributed by atoms with Gasteiger partial charge in [0.15, 0.2) is 5.75 Å². The van der Waals surface area contributed by atoms with E-state index < -0.39 is 0 Å². The smallest absolute Gasteiger partial charge is 0.161 e. The van der Waals surface area contributed by atoms with Gasteiger partial charge < -0.3 is 15.0 Å². The molecule has 5 heteroatoms. The number of aromatic nitrogens is 2. The topological polar surface area (TPSA) is 42.3 Å². The zero-order valence-electron chi connectivity index (χ0n) is 14.1. The highest BCUT2D eigenvalue weighted by Gasteiger charge is 2.46. The lowest BCUT2D eigenvalue weighted by Gasteiger charge is -2.43. The molecule has 0 radical (unpaired) electrons. The molecule has 120 valence electrons. The maximum atomic E-state index is 5.60. The zero-order valence-corrected chi connectivity index (χ0v) is 14.1. The summed E-state index contributed by atoms with van der Waals surface area (Å²) >= 11 is 0. The van der Waals surface area contributed by atoms with E-state index in [-0.39, 0.29) is 11.6 Å². The number of likely N-dealkylation sites (N-methyl/N-ethyl adjacent to an activating group) is 2. The van der Waals surface area contributed by atoms with Gasteiger partial charge in [-0.3, -0.25) is 4.68 Å². The van der Waals surface area contributed by atoms with E-state index in [4.69, 9.17) is 4.74 Å². The normalized spacial score (nSPS) is 19.1. The van der Waals surface area contributed by atoms with Crippen LogP contribution < -0.4 is 10.1 Å². The summed E-state index contributed by atoms with van der Waals surface area (Å²) in [5, 5.41) is 8.22. The third-order valence-electron chi connectivity index (χ3n) is 4.94. The molecule has 5 nitrogen and oxygen atoms in total. The minimum atomic E-state index is 0.149. The highest BCUT2D eigenvalue weighted by Crippen LogP contribution is 2.45. The second-order valence-corrected chi connectivity index (χ2v) is 6.11. The van der Waals surface area contributed by atoms with Crippen molar-refractivity contribution in [3.8, 4) is 5.75 Å². The van der Waals surface area contributed by atoms with Gasteiger partial charge in [-0.2, -0.15) is 5.10 Å². The molecule has 1 aliphatic carbocycles. The second kappa shape index (κ2) is 6.79. The Morgan fingerprint density at radius 1 is 1.38 bits per heavy atom. The average Bonchev–Trinajstić information content (AvgIpc) is 3.11. The van der Waals surface area contributed by atoms with Crippen molar-refractivity contribution in [1.29, 1.82) is 0 Å². The van der Waals surface area contributed by atoms with Crippen molar-refractivity contribution in [2.75, 3.05) is 27.7 Å². The van der Waals surface area contributed by atoms with Crippen LogP contribution in [0.25, 0.3) is 0 Å². The van der Waals surface area contributed by atoms with Gasteiger partial charge in [-0.1, -0.05) is 19.8 Å². The van der Waals surface area contributed by atoms with Gasteiger partial charge >= 0.3 is 0 Å². The van der Waals surface area contributed by atoms with E-state index in [2.05, 4.69) is 47.9 Å². The van der Waals surface area contributed by atoms with Gasteiger partial charge in [-0.15, -0.1) is 0 Å². The van der Waals surface area contributed by atoms with Crippen LogP contribution in [-0.2, 0) is 6.54 Å². The van der Waals surface area contributed by atoms with Crippen LogP contribution in [0.1, 0.15) is 51.3 Å². The lowest BCUT2D eigenvalue weighted by Crippen LogP contribution is -2.52. The van der Waals surface area contributed by atoms with Crippen LogP contribution in [0.4, 0.5) is 0 Å². The van der Waals surface area contributed by atoms with Crippen molar-refractivity contribution < 1.29 is 4.74 Å². The molecule has 1 atom stereocenters. The van der Waals surface area contributed by atoms with Crippen LogP contribution in [0.2, 0.25) is 0 Å². The Morgan fingerprint density at radius 3 is 2.52 bits per heavy atom. The first-order valence-corrected chi connectivity index (χ1v) is 8.11. The van der Waals surface area contributed by atoms with Crippen molar-refractivity contribution >= 4 is 0 Å². The first kappa shape index (κ1) is 16.3. The predicted octanol–water partition coefficient (Wildman–Crippen LogP) is 2.44. The Balaban J connectivity index is 2.50. The monoisotopic (exact) mass is 294 g/mol. The Labute approximate surface area is 128 Å². The fraction of sp³-hybridized carbons (Fsp3) is 0.812. The molecule has 1 aliphatic rings.